The van der Waals surface area contributed by atoms with Gasteiger partial charge in [0.2, 0.25) is 0 Å². The Labute approximate surface area is 196 Å². The number of aryl methyl sites for hydroxylation is 1. The van der Waals surface area contributed by atoms with Gasteiger partial charge in [0.15, 0.2) is 0 Å². The summed E-state index contributed by atoms with van der Waals surface area (Å²) in [6.45, 7) is 9.48. The number of carbonyl (C=O) groups is 1. The molecule has 0 aliphatic carbocycles. The summed E-state index contributed by atoms with van der Waals surface area (Å²) < 4.78 is 17.8. The first-order valence-electron chi connectivity index (χ1n) is 11.8. The summed E-state index contributed by atoms with van der Waals surface area (Å²) in [5.41, 5.74) is 2.55. The van der Waals surface area contributed by atoms with Gasteiger partial charge in [0.05, 0.1) is 24.4 Å². The van der Waals surface area contributed by atoms with Crippen molar-refractivity contribution < 1.29 is 19.0 Å². The molecule has 1 aromatic carbocycles. The number of benzene rings is 1. The smallest absolute Gasteiger partial charge is 0.253 e. The number of hydrogen-bond acceptors (Lipinski definition) is 6. The predicted octanol–water partition coefficient (Wildman–Crippen LogP) is 3.70. The molecule has 33 heavy (non-hydrogen) atoms. The maximum Gasteiger partial charge on any atom is 0.253 e. The number of piperidine rings is 1. The Bertz CT molecular complexity index is 942. The number of anilines is 1. The number of ether oxygens (including phenoxy) is 3. The van der Waals surface area contributed by atoms with Gasteiger partial charge in [0.1, 0.15) is 5.75 Å². The largest absolute Gasteiger partial charge is 0.491 e. The first kappa shape index (κ1) is 23.5. The van der Waals surface area contributed by atoms with Gasteiger partial charge in [-0.25, -0.2) is 0 Å². The molecule has 1 aromatic heterocycles. The molecule has 1 unspecified atom stereocenters. The Hall–Kier alpha value is -2.64. The van der Waals surface area contributed by atoms with E-state index >= 15 is 0 Å². The number of carbonyl (C=O) groups excluding carboxylic acids is 1. The molecule has 2 aromatic rings. The number of likely N-dealkylation sites (tertiary alicyclic amines) is 1. The fourth-order valence-corrected chi connectivity index (χ4v) is 4.85. The Kier molecular flexibility index (Phi) is 7.20. The van der Waals surface area contributed by atoms with Crippen LogP contribution in [0.2, 0.25) is 0 Å². The summed E-state index contributed by atoms with van der Waals surface area (Å²) in [7, 11) is 1.71. The Morgan fingerprint density at radius 2 is 1.94 bits per heavy atom. The van der Waals surface area contributed by atoms with Crippen molar-refractivity contribution in [3.05, 3.63) is 53.9 Å². The number of amides is 1. The average molecular weight is 454 g/mol. The molecular weight excluding hydrogens is 418 g/mol. The van der Waals surface area contributed by atoms with E-state index in [1.54, 1.807) is 7.11 Å². The molecule has 0 bridgehead atoms. The van der Waals surface area contributed by atoms with Crippen LogP contribution in [0.1, 0.15) is 42.6 Å². The fraction of sp³-hybridized carbons (Fsp3) is 0.538. The normalized spacial score (nSPS) is 20.3. The summed E-state index contributed by atoms with van der Waals surface area (Å²) in [4.78, 5) is 21.7. The van der Waals surface area contributed by atoms with Gasteiger partial charge in [0.25, 0.3) is 5.91 Å². The topological polar surface area (TPSA) is 64.1 Å². The average Bonchev–Trinajstić information content (AvgIpc) is 2.81. The molecule has 0 N–H and O–H groups in total. The molecule has 0 radical (unpaired) electrons. The molecule has 1 amide bonds. The molecule has 4 rings (SSSR count). The number of methoxy groups -OCH3 is 1. The van der Waals surface area contributed by atoms with E-state index in [4.69, 9.17) is 14.2 Å². The van der Waals surface area contributed by atoms with Crippen LogP contribution in [-0.4, -0.2) is 73.5 Å². The molecule has 2 saturated heterocycles. The van der Waals surface area contributed by atoms with E-state index in [0.717, 1.165) is 42.9 Å². The van der Waals surface area contributed by atoms with E-state index in [1.165, 1.54) is 0 Å². The van der Waals surface area contributed by atoms with Crippen LogP contribution in [0.15, 0.2) is 42.7 Å². The van der Waals surface area contributed by atoms with Crippen LogP contribution < -0.4 is 9.64 Å². The number of pyridine rings is 1. The third-order valence-corrected chi connectivity index (χ3v) is 6.45. The van der Waals surface area contributed by atoms with Crippen LogP contribution in [0.3, 0.4) is 0 Å². The van der Waals surface area contributed by atoms with Gasteiger partial charge in [-0.15, -0.1) is 0 Å². The zero-order valence-corrected chi connectivity index (χ0v) is 20.1. The third kappa shape index (κ3) is 5.47. The van der Waals surface area contributed by atoms with E-state index in [-0.39, 0.29) is 23.7 Å². The summed E-state index contributed by atoms with van der Waals surface area (Å²) >= 11 is 0. The van der Waals surface area contributed by atoms with Crippen LogP contribution in [-0.2, 0) is 9.47 Å². The summed E-state index contributed by atoms with van der Waals surface area (Å²) in [6.07, 6.45) is 5.35. The first-order valence-corrected chi connectivity index (χ1v) is 11.8. The van der Waals surface area contributed by atoms with Crippen molar-refractivity contribution in [3.8, 4) is 5.75 Å². The number of morpholine rings is 1. The van der Waals surface area contributed by atoms with Crippen molar-refractivity contribution in [1.82, 2.24) is 9.88 Å². The SMILES string of the molecule is COCC1CN(c2ccncc2)CC2(CCN(C(=O)c3ccc(OC(C)C)c(C)c3)CC2)O1. The van der Waals surface area contributed by atoms with Crippen molar-refractivity contribution >= 4 is 11.6 Å². The molecule has 3 heterocycles. The summed E-state index contributed by atoms with van der Waals surface area (Å²) in [6, 6.07) is 9.78. The van der Waals surface area contributed by atoms with Crippen LogP contribution in [0.4, 0.5) is 5.69 Å². The van der Waals surface area contributed by atoms with E-state index in [0.29, 0.717) is 25.3 Å². The van der Waals surface area contributed by atoms with Crippen LogP contribution in [0.5, 0.6) is 5.75 Å². The molecule has 178 valence electrons. The first-order chi connectivity index (χ1) is 15.9. The van der Waals surface area contributed by atoms with E-state index in [9.17, 15) is 4.79 Å². The van der Waals surface area contributed by atoms with Crippen LogP contribution >= 0.6 is 0 Å². The molecular formula is C26H35N3O4. The number of rotatable bonds is 6. The fourth-order valence-electron chi connectivity index (χ4n) is 4.85. The van der Waals surface area contributed by atoms with Gasteiger partial charge in [0, 0.05) is 56.9 Å². The van der Waals surface area contributed by atoms with Crippen molar-refractivity contribution in [3.63, 3.8) is 0 Å². The van der Waals surface area contributed by atoms with Crippen molar-refractivity contribution in [2.75, 3.05) is 44.8 Å². The predicted molar refractivity (Wildman–Crippen MR) is 128 cm³/mol. The second kappa shape index (κ2) is 10.1. The second-order valence-electron chi connectivity index (χ2n) is 9.40. The summed E-state index contributed by atoms with van der Waals surface area (Å²) in [5, 5.41) is 0. The summed E-state index contributed by atoms with van der Waals surface area (Å²) in [5.74, 6) is 0.898. The molecule has 1 spiro atoms. The van der Waals surface area contributed by atoms with Gasteiger partial charge in [-0.05, 0) is 69.5 Å². The minimum absolute atomic E-state index is 0.00434. The highest BCUT2D eigenvalue weighted by atomic mass is 16.5. The minimum atomic E-state index is -0.285. The zero-order valence-electron chi connectivity index (χ0n) is 20.1. The number of aromatic nitrogens is 1. The minimum Gasteiger partial charge on any atom is -0.491 e. The van der Waals surface area contributed by atoms with Crippen molar-refractivity contribution in [1.29, 1.82) is 0 Å². The van der Waals surface area contributed by atoms with Gasteiger partial charge >= 0.3 is 0 Å². The Balaban J connectivity index is 1.44. The lowest BCUT2D eigenvalue weighted by Crippen LogP contribution is -2.61. The monoisotopic (exact) mass is 453 g/mol. The molecule has 7 heteroatoms. The van der Waals surface area contributed by atoms with E-state index < -0.39 is 0 Å². The lowest BCUT2D eigenvalue weighted by Gasteiger charge is -2.50. The van der Waals surface area contributed by atoms with E-state index in [2.05, 4.69) is 9.88 Å². The maximum absolute atomic E-state index is 13.2. The highest BCUT2D eigenvalue weighted by molar-refractivity contribution is 5.94. The van der Waals surface area contributed by atoms with Crippen LogP contribution in [0.25, 0.3) is 0 Å². The molecule has 2 aliphatic rings. The number of nitrogens with zero attached hydrogens (tertiary/aromatic N) is 3. The second-order valence-corrected chi connectivity index (χ2v) is 9.40. The molecule has 1 atom stereocenters. The molecule has 0 saturated carbocycles. The quantitative estimate of drug-likeness (QED) is 0.665. The highest BCUT2D eigenvalue weighted by Gasteiger charge is 2.44. The lowest BCUT2D eigenvalue weighted by molar-refractivity contribution is -0.145. The van der Waals surface area contributed by atoms with Gasteiger partial charge in [-0.2, -0.15) is 0 Å². The lowest BCUT2D eigenvalue weighted by atomic mass is 9.88. The third-order valence-electron chi connectivity index (χ3n) is 6.45. The van der Waals surface area contributed by atoms with Crippen molar-refractivity contribution in [2.24, 2.45) is 0 Å². The van der Waals surface area contributed by atoms with Gasteiger partial charge < -0.3 is 24.0 Å². The standard InChI is InChI=1S/C26H35N3O4/c1-19(2)32-24-6-5-21(15-20(24)3)25(30)28-13-9-26(10-14-28)18-29(16-23(33-26)17-31-4)22-7-11-27-12-8-22/h5-8,11-12,15,19,23H,9-10,13-14,16-18H2,1-4H3. The molecule has 7 nitrogen and oxygen atoms in total. The maximum atomic E-state index is 13.2. The zero-order chi connectivity index (χ0) is 23.4. The Morgan fingerprint density at radius 3 is 2.58 bits per heavy atom. The highest BCUT2D eigenvalue weighted by Crippen LogP contribution is 2.35. The van der Waals surface area contributed by atoms with Crippen LogP contribution in [0, 0.1) is 6.92 Å². The number of hydrogen-bond donors (Lipinski definition) is 0. The molecule has 2 aliphatic heterocycles. The Morgan fingerprint density at radius 1 is 1.21 bits per heavy atom. The van der Waals surface area contributed by atoms with E-state index in [1.807, 2.05) is 68.4 Å². The van der Waals surface area contributed by atoms with Gasteiger partial charge in [-0.3, -0.25) is 9.78 Å². The molecule has 2 fully saturated rings. The van der Waals surface area contributed by atoms with Gasteiger partial charge in [-0.1, -0.05) is 0 Å². The van der Waals surface area contributed by atoms with Crippen molar-refractivity contribution in [2.45, 2.75) is 51.4 Å².